The van der Waals surface area contributed by atoms with Gasteiger partial charge in [-0.2, -0.15) is 0 Å². The van der Waals surface area contributed by atoms with Crippen LogP contribution in [-0.2, 0) is 11.2 Å². The highest BCUT2D eigenvalue weighted by atomic mass is 32.1. The van der Waals surface area contributed by atoms with Crippen LogP contribution in [0.2, 0.25) is 0 Å². The van der Waals surface area contributed by atoms with Crippen molar-refractivity contribution in [2.75, 3.05) is 45.9 Å². The largest absolute Gasteiger partial charge is 0.379 e. The normalized spacial score (nSPS) is 17.8. The Morgan fingerprint density at radius 3 is 2.71 bits per heavy atom. The van der Waals surface area contributed by atoms with E-state index in [2.05, 4.69) is 38.3 Å². The van der Waals surface area contributed by atoms with Gasteiger partial charge in [0.25, 0.3) is 0 Å². The molecule has 2 aromatic heterocycles. The number of amides is 2. The van der Waals surface area contributed by atoms with Gasteiger partial charge in [0.15, 0.2) is 4.96 Å². The van der Waals surface area contributed by atoms with E-state index in [9.17, 15) is 4.79 Å². The molecular formula is C26H35N5O2S. The predicted octanol–water partition coefficient (Wildman–Crippen LogP) is 4.28. The number of carbonyl (C=O) groups excluding carboxylic acids is 1. The molecule has 0 bridgehead atoms. The van der Waals surface area contributed by atoms with Crippen LogP contribution in [0.1, 0.15) is 37.8 Å². The maximum atomic E-state index is 13.3. The van der Waals surface area contributed by atoms with Crippen molar-refractivity contribution in [2.45, 2.75) is 44.6 Å². The molecule has 2 fully saturated rings. The molecule has 3 aromatic rings. The lowest BCUT2D eigenvalue weighted by Gasteiger charge is -2.32. The summed E-state index contributed by atoms with van der Waals surface area (Å²) < 4.78 is 7.67. The van der Waals surface area contributed by atoms with E-state index in [1.54, 1.807) is 11.3 Å². The smallest absolute Gasteiger partial charge is 0.317 e. The average molecular weight is 482 g/mol. The van der Waals surface area contributed by atoms with Crippen molar-refractivity contribution in [1.29, 1.82) is 0 Å². The molecule has 5 rings (SSSR count). The van der Waals surface area contributed by atoms with Crippen LogP contribution in [-0.4, -0.2) is 77.2 Å². The Morgan fingerprint density at radius 2 is 1.91 bits per heavy atom. The van der Waals surface area contributed by atoms with Crippen LogP contribution in [0.3, 0.4) is 0 Å². The minimum Gasteiger partial charge on any atom is -0.379 e. The Bertz CT molecular complexity index is 1050. The Balaban J connectivity index is 1.25. The quantitative estimate of drug-likeness (QED) is 0.522. The van der Waals surface area contributed by atoms with Crippen molar-refractivity contribution in [1.82, 2.24) is 24.5 Å². The number of benzene rings is 1. The number of carbonyl (C=O) groups is 1. The first kappa shape index (κ1) is 23.3. The average Bonchev–Trinajstić information content (AvgIpc) is 3.47. The number of rotatable bonds is 8. The first-order chi connectivity index (χ1) is 16.8. The highest BCUT2D eigenvalue weighted by Gasteiger charge is 2.22. The van der Waals surface area contributed by atoms with Gasteiger partial charge in [-0.3, -0.25) is 9.30 Å². The SMILES string of the molecule is O=C(NC1CCCCC1)N(CCc1csc2nc(-c3ccccc3)cn12)CCN1CCOCC1. The topological polar surface area (TPSA) is 62.1 Å². The summed E-state index contributed by atoms with van der Waals surface area (Å²) in [4.78, 5) is 23.5. The van der Waals surface area contributed by atoms with Crippen LogP contribution in [0, 0.1) is 0 Å². The summed E-state index contributed by atoms with van der Waals surface area (Å²) in [5.41, 5.74) is 3.33. The molecular weight excluding hydrogens is 446 g/mol. The number of thiazole rings is 1. The van der Waals surface area contributed by atoms with Crippen molar-refractivity contribution < 1.29 is 9.53 Å². The monoisotopic (exact) mass is 481 g/mol. The molecule has 34 heavy (non-hydrogen) atoms. The molecule has 1 N–H and O–H groups in total. The lowest BCUT2D eigenvalue weighted by Crippen LogP contribution is -2.49. The van der Waals surface area contributed by atoms with Gasteiger partial charge in [-0.1, -0.05) is 49.6 Å². The van der Waals surface area contributed by atoms with Crippen LogP contribution in [0.25, 0.3) is 16.2 Å². The second-order valence-electron chi connectivity index (χ2n) is 9.35. The first-order valence-corrected chi connectivity index (χ1v) is 13.5. The van der Waals surface area contributed by atoms with E-state index in [4.69, 9.17) is 9.72 Å². The molecule has 0 unspecified atom stereocenters. The summed E-state index contributed by atoms with van der Waals surface area (Å²) in [6.45, 7) is 5.79. The van der Waals surface area contributed by atoms with Gasteiger partial charge in [0.05, 0.1) is 18.9 Å². The van der Waals surface area contributed by atoms with E-state index in [1.165, 1.54) is 25.0 Å². The fraction of sp³-hybridized carbons (Fsp3) is 0.538. The maximum Gasteiger partial charge on any atom is 0.317 e. The summed E-state index contributed by atoms with van der Waals surface area (Å²) >= 11 is 1.66. The molecule has 0 atom stereocenters. The Morgan fingerprint density at radius 1 is 1.12 bits per heavy atom. The van der Waals surface area contributed by atoms with Crippen molar-refractivity contribution in [2.24, 2.45) is 0 Å². The van der Waals surface area contributed by atoms with Gasteiger partial charge < -0.3 is 15.0 Å². The van der Waals surface area contributed by atoms with Crippen LogP contribution < -0.4 is 5.32 Å². The lowest BCUT2D eigenvalue weighted by atomic mass is 9.96. The minimum absolute atomic E-state index is 0.0854. The summed E-state index contributed by atoms with van der Waals surface area (Å²) in [7, 11) is 0. The van der Waals surface area contributed by atoms with Gasteiger partial charge in [-0.15, -0.1) is 11.3 Å². The van der Waals surface area contributed by atoms with Gasteiger partial charge in [0.1, 0.15) is 0 Å². The number of hydrogen-bond acceptors (Lipinski definition) is 5. The summed E-state index contributed by atoms with van der Waals surface area (Å²) in [5.74, 6) is 0. The molecule has 1 aliphatic heterocycles. The maximum absolute atomic E-state index is 13.3. The number of fused-ring (bicyclic) bond motifs is 1. The number of imidazole rings is 1. The Kier molecular flexibility index (Phi) is 7.78. The first-order valence-electron chi connectivity index (χ1n) is 12.6. The van der Waals surface area contributed by atoms with Crippen molar-refractivity contribution >= 4 is 22.3 Å². The molecule has 2 amide bonds. The van der Waals surface area contributed by atoms with Gasteiger partial charge in [0, 0.05) is 68.0 Å². The summed E-state index contributed by atoms with van der Waals surface area (Å²) in [6, 6.07) is 10.7. The zero-order valence-corrected chi connectivity index (χ0v) is 20.6. The molecule has 1 aliphatic carbocycles. The molecule has 0 radical (unpaired) electrons. The number of hydrogen-bond donors (Lipinski definition) is 1. The fourth-order valence-electron chi connectivity index (χ4n) is 4.92. The second kappa shape index (κ2) is 11.3. The summed E-state index contributed by atoms with van der Waals surface area (Å²) in [5, 5.41) is 5.50. The molecule has 182 valence electrons. The molecule has 1 saturated heterocycles. The molecule has 8 heteroatoms. The van der Waals surface area contributed by atoms with E-state index in [0.717, 1.165) is 74.9 Å². The number of nitrogens with zero attached hydrogens (tertiary/aromatic N) is 4. The van der Waals surface area contributed by atoms with Crippen LogP contribution in [0.15, 0.2) is 41.9 Å². The third-order valence-corrected chi connectivity index (χ3v) is 7.89. The molecule has 7 nitrogen and oxygen atoms in total. The number of aromatic nitrogens is 2. The van der Waals surface area contributed by atoms with Gasteiger partial charge in [0.2, 0.25) is 0 Å². The molecule has 3 heterocycles. The van der Waals surface area contributed by atoms with Crippen molar-refractivity contribution in [3.8, 4) is 11.3 Å². The minimum atomic E-state index is 0.0854. The highest BCUT2D eigenvalue weighted by Crippen LogP contribution is 2.24. The van der Waals surface area contributed by atoms with Crippen LogP contribution in [0.4, 0.5) is 4.79 Å². The predicted molar refractivity (Wildman–Crippen MR) is 136 cm³/mol. The lowest BCUT2D eigenvalue weighted by molar-refractivity contribution is 0.0349. The van der Waals surface area contributed by atoms with Gasteiger partial charge in [-0.05, 0) is 12.8 Å². The van der Waals surface area contributed by atoms with Crippen LogP contribution in [0.5, 0.6) is 0 Å². The Hall–Kier alpha value is -2.42. The van der Waals surface area contributed by atoms with E-state index in [0.29, 0.717) is 12.6 Å². The number of ether oxygens (including phenoxy) is 1. The zero-order valence-electron chi connectivity index (χ0n) is 19.8. The highest BCUT2D eigenvalue weighted by molar-refractivity contribution is 7.15. The fourth-order valence-corrected chi connectivity index (χ4v) is 5.83. The number of morpholine rings is 1. The standard InChI is InChI=1S/C26H35N5O2S/c32-25(27-22-9-5-2-6-10-22)30(14-13-29-15-17-33-18-16-29)12-11-23-20-34-26-28-24(19-31(23)26)21-7-3-1-4-8-21/h1,3-4,7-8,19-20,22H,2,5-6,9-18H2,(H,27,32). The van der Waals surface area contributed by atoms with E-state index >= 15 is 0 Å². The van der Waals surface area contributed by atoms with E-state index in [1.807, 2.05) is 23.1 Å². The Labute approximate surface area is 205 Å². The van der Waals surface area contributed by atoms with E-state index in [-0.39, 0.29) is 6.03 Å². The number of nitrogens with one attached hydrogen (secondary N) is 1. The number of urea groups is 1. The molecule has 1 aromatic carbocycles. The second-order valence-corrected chi connectivity index (χ2v) is 10.2. The third-order valence-electron chi connectivity index (χ3n) is 7.00. The van der Waals surface area contributed by atoms with Gasteiger partial charge >= 0.3 is 6.03 Å². The van der Waals surface area contributed by atoms with E-state index < -0.39 is 0 Å². The zero-order chi connectivity index (χ0) is 23.2. The van der Waals surface area contributed by atoms with Crippen molar-refractivity contribution in [3.05, 3.63) is 47.6 Å². The summed E-state index contributed by atoms with van der Waals surface area (Å²) in [6.07, 6.45) is 8.86. The van der Waals surface area contributed by atoms with Crippen LogP contribution >= 0.6 is 11.3 Å². The molecule has 0 spiro atoms. The molecule has 2 aliphatic rings. The van der Waals surface area contributed by atoms with Crippen molar-refractivity contribution in [3.63, 3.8) is 0 Å². The van der Waals surface area contributed by atoms with Gasteiger partial charge in [-0.25, -0.2) is 9.78 Å². The molecule has 1 saturated carbocycles. The third kappa shape index (κ3) is 5.79.